The van der Waals surface area contributed by atoms with Crippen molar-refractivity contribution < 1.29 is 23.1 Å². The molecule has 2 aromatic rings. The molecule has 1 aliphatic rings. The molecule has 0 bridgehead atoms. The van der Waals surface area contributed by atoms with Crippen molar-refractivity contribution in [3.05, 3.63) is 68.2 Å². The maximum absolute atomic E-state index is 13.4. The molecule has 0 aromatic heterocycles. The highest BCUT2D eigenvalue weighted by Crippen LogP contribution is 2.42. The first kappa shape index (κ1) is 21.2. The van der Waals surface area contributed by atoms with Gasteiger partial charge in [0.1, 0.15) is 6.04 Å². The van der Waals surface area contributed by atoms with Gasteiger partial charge in [-0.25, -0.2) is 0 Å². The van der Waals surface area contributed by atoms with Gasteiger partial charge in [0.05, 0.1) is 16.6 Å². The van der Waals surface area contributed by atoms with Crippen LogP contribution in [0.25, 0.3) is 0 Å². The fourth-order valence-corrected chi connectivity index (χ4v) is 4.30. The fourth-order valence-electron chi connectivity index (χ4n) is 3.57. The number of aliphatic carboxylic acids is 1. The monoisotopic (exact) mass is 451 g/mol. The molecule has 1 N–H and O–H groups in total. The van der Waals surface area contributed by atoms with Gasteiger partial charge in [0.25, 0.3) is 0 Å². The highest BCUT2D eigenvalue weighted by atomic mass is 35.5. The molecule has 1 aliphatic heterocycles. The van der Waals surface area contributed by atoms with Gasteiger partial charge >= 0.3 is 12.1 Å². The predicted octanol–water partition coefficient (Wildman–Crippen LogP) is 6.30. The summed E-state index contributed by atoms with van der Waals surface area (Å²) in [7, 11) is 0. The van der Waals surface area contributed by atoms with E-state index in [2.05, 4.69) is 0 Å². The second-order valence-corrected chi connectivity index (χ2v) is 7.79. The Kier molecular flexibility index (Phi) is 6.15. The first-order valence-corrected chi connectivity index (χ1v) is 9.53. The molecule has 150 valence electrons. The van der Waals surface area contributed by atoms with Crippen LogP contribution in [-0.2, 0) is 11.0 Å². The van der Waals surface area contributed by atoms with Crippen LogP contribution in [0.5, 0.6) is 0 Å². The van der Waals surface area contributed by atoms with E-state index in [-0.39, 0.29) is 10.6 Å². The highest BCUT2D eigenvalue weighted by Gasteiger charge is 2.39. The molecule has 2 aromatic carbocycles. The third-order valence-corrected chi connectivity index (χ3v) is 5.67. The number of carboxylic acids is 1. The van der Waals surface area contributed by atoms with E-state index in [1.807, 2.05) is 0 Å². The van der Waals surface area contributed by atoms with Crippen LogP contribution in [0.1, 0.15) is 35.6 Å². The molecule has 2 unspecified atom stereocenters. The summed E-state index contributed by atoms with van der Waals surface area (Å²) in [6.07, 6.45) is -3.63. The average molecular weight is 453 g/mol. The number of hydrogen-bond donors (Lipinski definition) is 1. The van der Waals surface area contributed by atoms with Crippen LogP contribution in [0, 0.1) is 0 Å². The Morgan fingerprint density at radius 1 is 1.11 bits per heavy atom. The van der Waals surface area contributed by atoms with E-state index >= 15 is 0 Å². The van der Waals surface area contributed by atoms with E-state index < -0.39 is 34.8 Å². The highest BCUT2D eigenvalue weighted by molar-refractivity contribution is 6.35. The summed E-state index contributed by atoms with van der Waals surface area (Å²) in [5.74, 6) is -1.03. The number of nitrogens with zero attached hydrogens (tertiary/aromatic N) is 1. The first-order valence-electron chi connectivity index (χ1n) is 8.39. The van der Waals surface area contributed by atoms with Crippen molar-refractivity contribution in [3.63, 3.8) is 0 Å². The van der Waals surface area contributed by atoms with Crippen molar-refractivity contribution in [3.8, 4) is 0 Å². The zero-order valence-electron chi connectivity index (χ0n) is 14.3. The molecule has 1 heterocycles. The van der Waals surface area contributed by atoms with Crippen LogP contribution in [0.2, 0.25) is 15.1 Å². The molecule has 3 nitrogen and oxygen atoms in total. The Balaban J connectivity index is 2.18. The minimum absolute atomic E-state index is 0.247. The summed E-state index contributed by atoms with van der Waals surface area (Å²) < 4.78 is 40.1. The summed E-state index contributed by atoms with van der Waals surface area (Å²) in [6.45, 7) is 0.407. The van der Waals surface area contributed by atoms with Crippen molar-refractivity contribution in [2.24, 2.45) is 0 Å². The molecular formula is C19H15Cl3F3NO2. The maximum Gasteiger partial charge on any atom is 0.417 e. The van der Waals surface area contributed by atoms with Gasteiger partial charge in [-0.2, -0.15) is 13.2 Å². The Morgan fingerprint density at radius 3 is 2.43 bits per heavy atom. The molecule has 3 rings (SSSR count). The van der Waals surface area contributed by atoms with Gasteiger partial charge in [-0.05, 0) is 48.2 Å². The Hall–Kier alpha value is -1.47. The first-order chi connectivity index (χ1) is 13.1. The van der Waals surface area contributed by atoms with Gasteiger partial charge in [-0.3, -0.25) is 9.69 Å². The van der Waals surface area contributed by atoms with E-state index in [9.17, 15) is 23.1 Å². The van der Waals surface area contributed by atoms with Crippen molar-refractivity contribution in [2.75, 3.05) is 6.54 Å². The van der Waals surface area contributed by atoms with Crippen LogP contribution in [-0.4, -0.2) is 28.6 Å². The second kappa shape index (κ2) is 8.11. The van der Waals surface area contributed by atoms with Gasteiger partial charge in [0, 0.05) is 16.6 Å². The predicted molar refractivity (Wildman–Crippen MR) is 102 cm³/mol. The lowest BCUT2D eigenvalue weighted by Crippen LogP contribution is -2.39. The quantitative estimate of drug-likeness (QED) is 0.591. The second-order valence-electron chi connectivity index (χ2n) is 6.54. The van der Waals surface area contributed by atoms with Crippen LogP contribution >= 0.6 is 34.8 Å². The number of alkyl halides is 3. The number of hydrogen-bond acceptors (Lipinski definition) is 2. The number of benzene rings is 2. The molecule has 0 aliphatic carbocycles. The molecular weight excluding hydrogens is 438 g/mol. The number of rotatable bonds is 4. The zero-order chi connectivity index (χ0) is 20.6. The van der Waals surface area contributed by atoms with E-state index in [4.69, 9.17) is 34.8 Å². The molecule has 0 radical (unpaired) electrons. The van der Waals surface area contributed by atoms with E-state index in [0.717, 1.165) is 6.07 Å². The molecule has 28 heavy (non-hydrogen) atoms. The van der Waals surface area contributed by atoms with Gasteiger partial charge in [-0.15, -0.1) is 0 Å². The Morgan fingerprint density at radius 2 is 1.82 bits per heavy atom. The van der Waals surface area contributed by atoms with Gasteiger partial charge in [0.2, 0.25) is 0 Å². The SMILES string of the molecule is O=C(O)C1CCCN1C(c1ccc(Cl)c(C(F)(F)F)c1)c1ccc(Cl)cc1Cl. The Bertz CT molecular complexity index is 904. The van der Waals surface area contributed by atoms with Crippen molar-refractivity contribution in [1.82, 2.24) is 4.90 Å². The molecule has 9 heteroatoms. The zero-order valence-corrected chi connectivity index (χ0v) is 16.6. The lowest BCUT2D eigenvalue weighted by molar-refractivity contribution is -0.143. The number of likely N-dealkylation sites (tertiary alicyclic amines) is 1. The summed E-state index contributed by atoms with van der Waals surface area (Å²) in [5, 5.41) is 9.77. The van der Waals surface area contributed by atoms with Crippen molar-refractivity contribution in [2.45, 2.75) is 31.1 Å². The standard InChI is InChI=1S/C19H15Cl3F3NO2/c20-11-4-5-12(15(22)9-11)17(26-7-1-2-16(26)18(27)28)10-3-6-14(21)13(8-10)19(23,24)25/h3-6,8-9,16-17H,1-2,7H2,(H,27,28). The average Bonchev–Trinajstić information content (AvgIpc) is 3.07. The van der Waals surface area contributed by atoms with Crippen LogP contribution in [0.3, 0.4) is 0 Å². The third kappa shape index (κ3) is 4.25. The Labute approximate surface area is 174 Å². The summed E-state index contributed by atoms with van der Waals surface area (Å²) in [4.78, 5) is 13.4. The summed E-state index contributed by atoms with van der Waals surface area (Å²) in [5.41, 5.74) is -0.239. The largest absolute Gasteiger partial charge is 0.480 e. The number of carbonyl (C=O) groups is 1. The van der Waals surface area contributed by atoms with E-state index in [0.29, 0.717) is 30.0 Å². The van der Waals surface area contributed by atoms with Crippen LogP contribution in [0.4, 0.5) is 13.2 Å². The van der Waals surface area contributed by atoms with Crippen molar-refractivity contribution >= 4 is 40.8 Å². The van der Waals surface area contributed by atoms with E-state index in [1.165, 1.54) is 18.2 Å². The summed E-state index contributed by atoms with van der Waals surface area (Å²) in [6, 6.07) is 6.63. The number of halogens is 6. The van der Waals surface area contributed by atoms with E-state index in [1.54, 1.807) is 17.0 Å². The van der Waals surface area contributed by atoms with Gasteiger partial charge < -0.3 is 5.11 Å². The third-order valence-electron chi connectivity index (χ3n) is 4.78. The van der Waals surface area contributed by atoms with Crippen LogP contribution < -0.4 is 0 Å². The van der Waals surface area contributed by atoms with Crippen molar-refractivity contribution in [1.29, 1.82) is 0 Å². The molecule has 0 saturated carbocycles. The maximum atomic E-state index is 13.4. The normalized spacial score (nSPS) is 19.0. The number of carboxylic acid groups (broad SMARTS) is 1. The van der Waals surface area contributed by atoms with Gasteiger partial charge in [-0.1, -0.05) is 46.9 Å². The smallest absolute Gasteiger partial charge is 0.417 e. The minimum atomic E-state index is -4.64. The van der Waals surface area contributed by atoms with Gasteiger partial charge in [0.15, 0.2) is 0 Å². The fraction of sp³-hybridized carbons (Fsp3) is 0.316. The molecule has 0 spiro atoms. The molecule has 1 saturated heterocycles. The lowest BCUT2D eigenvalue weighted by atomic mass is 9.94. The molecule has 2 atom stereocenters. The molecule has 0 amide bonds. The lowest BCUT2D eigenvalue weighted by Gasteiger charge is -2.33. The van der Waals surface area contributed by atoms with Crippen LogP contribution in [0.15, 0.2) is 36.4 Å². The summed E-state index contributed by atoms with van der Waals surface area (Å²) >= 11 is 18.0. The molecule has 1 fully saturated rings. The topological polar surface area (TPSA) is 40.5 Å². The minimum Gasteiger partial charge on any atom is -0.480 e.